The number of aromatic nitrogens is 1. The van der Waals surface area contributed by atoms with Crippen molar-refractivity contribution in [1.82, 2.24) is 4.98 Å². The monoisotopic (exact) mass is 258 g/mol. The van der Waals surface area contributed by atoms with Gasteiger partial charge in [0, 0.05) is 17.4 Å². The van der Waals surface area contributed by atoms with Gasteiger partial charge in [-0.1, -0.05) is 23.5 Å². The molecule has 0 saturated heterocycles. The Bertz CT molecular complexity index is 738. The minimum Gasteiger partial charge on any atom is -0.493 e. The number of aryl methyl sites for hydroxylation is 1. The van der Waals surface area contributed by atoms with Crippen molar-refractivity contribution in [3.8, 4) is 5.88 Å². The number of fused-ring (bicyclic) bond motifs is 1. The first-order chi connectivity index (χ1) is 8.65. The van der Waals surface area contributed by atoms with E-state index in [-0.39, 0.29) is 10.8 Å². The highest BCUT2D eigenvalue weighted by Crippen LogP contribution is 2.36. The molecule has 1 aliphatic heterocycles. The lowest BCUT2D eigenvalue weighted by Gasteiger charge is -2.03. The van der Waals surface area contributed by atoms with Crippen LogP contribution < -0.4 is 4.87 Å². The molecule has 0 spiro atoms. The molecule has 2 aromatic rings. The molecule has 1 aromatic carbocycles. The Morgan fingerprint density at radius 1 is 1.44 bits per heavy atom. The van der Waals surface area contributed by atoms with E-state index >= 15 is 0 Å². The third-order valence-electron chi connectivity index (χ3n) is 2.83. The van der Waals surface area contributed by atoms with E-state index in [1.807, 2.05) is 25.1 Å². The minimum absolute atomic E-state index is 0.0899. The summed E-state index contributed by atoms with van der Waals surface area (Å²) in [5.74, 6) is -0.0899. The molecule has 2 N–H and O–H groups in total. The lowest BCUT2D eigenvalue weighted by molar-refractivity contribution is 0.455. The van der Waals surface area contributed by atoms with Crippen molar-refractivity contribution in [3.05, 3.63) is 43.9 Å². The molecule has 1 aliphatic rings. The van der Waals surface area contributed by atoms with Crippen LogP contribution in [0.1, 0.15) is 16.0 Å². The van der Waals surface area contributed by atoms with Crippen molar-refractivity contribution < 1.29 is 5.11 Å². The number of nitrogens with zero attached hydrogens (tertiary/aromatic N) is 1. The number of benzene rings is 1. The van der Waals surface area contributed by atoms with Crippen molar-refractivity contribution in [2.45, 2.75) is 6.92 Å². The Balaban J connectivity index is 2.15. The van der Waals surface area contributed by atoms with Crippen LogP contribution in [0.25, 0.3) is 11.6 Å². The summed E-state index contributed by atoms with van der Waals surface area (Å²) >= 11 is 0.983. The molecule has 1 aromatic heterocycles. The number of hydrogen-bond acceptors (Lipinski definition) is 4. The van der Waals surface area contributed by atoms with Crippen LogP contribution in [0.2, 0.25) is 0 Å². The van der Waals surface area contributed by atoms with Crippen LogP contribution in [0.4, 0.5) is 5.69 Å². The van der Waals surface area contributed by atoms with Crippen LogP contribution >= 0.6 is 11.3 Å². The Morgan fingerprint density at radius 3 is 3.00 bits per heavy atom. The highest BCUT2D eigenvalue weighted by atomic mass is 32.1. The van der Waals surface area contributed by atoms with Gasteiger partial charge in [0.15, 0.2) is 0 Å². The topological polar surface area (TPSA) is 65.5 Å². The molecule has 0 saturated carbocycles. The predicted octanol–water partition coefficient (Wildman–Crippen LogP) is 2.71. The average molecular weight is 258 g/mol. The van der Waals surface area contributed by atoms with E-state index < -0.39 is 0 Å². The third kappa shape index (κ3) is 1.69. The number of aliphatic imine (C=N–C) groups is 1. The normalized spacial score (nSPS) is 15.3. The van der Waals surface area contributed by atoms with E-state index in [2.05, 4.69) is 9.98 Å². The Hall–Kier alpha value is -2.14. The van der Waals surface area contributed by atoms with E-state index in [1.54, 1.807) is 12.3 Å². The highest BCUT2D eigenvalue weighted by molar-refractivity contribution is 7.10. The van der Waals surface area contributed by atoms with Gasteiger partial charge >= 0.3 is 4.87 Å². The standard InChI is InChI=1S/C13H10N2O2S/c1-7-3-2-4-9-11(7)8(6-14-9)5-10-12(16)15-13(17)18-10/h2-6,16H,1H3,(H,15,17). The number of hydrogen-bond donors (Lipinski definition) is 2. The number of H-pyrrole nitrogens is 1. The van der Waals surface area contributed by atoms with Crippen LogP contribution in [0.3, 0.4) is 0 Å². The van der Waals surface area contributed by atoms with Crippen molar-refractivity contribution >= 4 is 34.9 Å². The quantitative estimate of drug-likeness (QED) is 0.826. The minimum atomic E-state index is -0.265. The molecule has 0 radical (unpaired) electrons. The summed E-state index contributed by atoms with van der Waals surface area (Å²) in [5.41, 5.74) is 4.01. The second kappa shape index (κ2) is 3.96. The van der Waals surface area contributed by atoms with Gasteiger partial charge < -0.3 is 5.11 Å². The van der Waals surface area contributed by atoms with Gasteiger partial charge in [0.05, 0.1) is 10.6 Å². The maximum Gasteiger partial charge on any atom is 0.307 e. The first kappa shape index (κ1) is 11.0. The molecule has 3 rings (SSSR count). The highest BCUT2D eigenvalue weighted by Gasteiger charge is 2.15. The van der Waals surface area contributed by atoms with Crippen molar-refractivity contribution in [2.24, 2.45) is 4.99 Å². The van der Waals surface area contributed by atoms with Gasteiger partial charge in [-0.2, -0.15) is 0 Å². The van der Waals surface area contributed by atoms with Crippen LogP contribution in [-0.2, 0) is 0 Å². The molecule has 5 heteroatoms. The zero-order valence-electron chi connectivity index (χ0n) is 9.60. The zero-order valence-corrected chi connectivity index (χ0v) is 10.4. The summed E-state index contributed by atoms with van der Waals surface area (Å²) in [6, 6.07) is 5.92. The lowest BCUT2D eigenvalue weighted by Crippen LogP contribution is -1.89. The number of aromatic amines is 1. The molecule has 0 amide bonds. The van der Waals surface area contributed by atoms with Gasteiger partial charge in [-0.3, -0.25) is 14.8 Å². The second-order valence-electron chi connectivity index (χ2n) is 4.05. The van der Waals surface area contributed by atoms with Gasteiger partial charge in [-0.15, -0.1) is 0 Å². The van der Waals surface area contributed by atoms with Crippen LogP contribution in [-0.4, -0.2) is 16.3 Å². The molecule has 0 unspecified atom stereocenters. The van der Waals surface area contributed by atoms with Crippen molar-refractivity contribution in [1.29, 1.82) is 0 Å². The van der Waals surface area contributed by atoms with E-state index in [4.69, 9.17) is 0 Å². The zero-order chi connectivity index (χ0) is 12.7. The van der Waals surface area contributed by atoms with Gasteiger partial charge in [0.2, 0.25) is 5.88 Å². The lowest BCUT2D eigenvalue weighted by atomic mass is 10.0. The average Bonchev–Trinajstić information content (AvgIpc) is 2.85. The van der Waals surface area contributed by atoms with Crippen LogP contribution in [0, 0.1) is 6.92 Å². The number of aromatic hydroxyl groups is 1. The first-order valence-electron chi connectivity index (χ1n) is 5.43. The smallest absolute Gasteiger partial charge is 0.307 e. The SMILES string of the molecule is Cc1cccc2c1C(=Cc1sc(=O)[nH]c1O)C=N2. The summed E-state index contributed by atoms with van der Waals surface area (Å²) < 4.78 is 0. The summed E-state index contributed by atoms with van der Waals surface area (Å²) in [7, 11) is 0. The van der Waals surface area contributed by atoms with Gasteiger partial charge in [0.1, 0.15) is 0 Å². The fourth-order valence-electron chi connectivity index (χ4n) is 2.02. The number of rotatable bonds is 1. The summed E-state index contributed by atoms with van der Waals surface area (Å²) in [4.78, 5) is 18.1. The number of thiazole rings is 1. The number of nitrogens with one attached hydrogen (secondary N) is 1. The Kier molecular flexibility index (Phi) is 2.41. The molecule has 90 valence electrons. The molecule has 2 heterocycles. The van der Waals surface area contributed by atoms with E-state index in [9.17, 15) is 9.90 Å². The maximum absolute atomic E-state index is 11.1. The third-order valence-corrected chi connectivity index (χ3v) is 3.64. The Labute approximate surface area is 107 Å². The fraction of sp³-hybridized carbons (Fsp3) is 0.0769. The Morgan fingerprint density at radius 2 is 2.28 bits per heavy atom. The molecule has 18 heavy (non-hydrogen) atoms. The molecule has 0 aliphatic carbocycles. The molecule has 0 atom stereocenters. The summed E-state index contributed by atoms with van der Waals surface area (Å²) in [6.07, 6.45) is 3.53. The maximum atomic E-state index is 11.1. The van der Waals surface area contributed by atoms with E-state index in [1.165, 1.54) is 0 Å². The molecule has 0 fully saturated rings. The van der Waals surface area contributed by atoms with E-state index in [0.717, 1.165) is 33.7 Å². The summed E-state index contributed by atoms with van der Waals surface area (Å²) in [5, 5.41) is 9.57. The molecule has 0 bridgehead atoms. The largest absolute Gasteiger partial charge is 0.493 e. The first-order valence-corrected chi connectivity index (χ1v) is 6.24. The van der Waals surface area contributed by atoms with Gasteiger partial charge in [-0.05, 0) is 24.6 Å². The van der Waals surface area contributed by atoms with Crippen molar-refractivity contribution in [2.75, 3.05) is 0 Å². The van der Waals surface area contributed by atoms with E-state index in [0.29, 0.717) is 4.88 Å². The predicted molar refractivity (Wildman–Crippen MR) is 73.8 cm³/mol. The van der Waals surface area contributed by atoms with Crippen LogP contribution in [0.5, 0.6) is 5.88 Å². The molecule has 4 nitrogen and oxygen atoms in total. The van der Waals surface area contributed by atoms with Gasteiger partial charge in [-0.25, -0.2) is 0 Å². The molecular weight excluding hydrogens is 248 g/mol. The fourth-order valence-corrected chi connectivity index (χ4v) is 2.70. The second-order valence-corrected chi connectivity index (χ2v) is 5.07. The number of allylic oxidation sites excluding steroid dienone is 1. The van der Waals surface area contributed by atoms with Gasteiger partial charge in [0.25, 0.3) is 0 Å². The van der Waals surface area contributed by atoms with Crippen molar-refractivity contribution in [3.63, 3.8) is 0 Å². The molecular formula is C13H10N2O2S. The summed E-state index contributed by atoms with van der Waals surface area (Å²) in [6.45, 7) is 2.01. The van der Waals surface area contributed by atoms with Crippen LogP contribution in [0.15, 0.2) is 28.0 Å².